The van der Waals surface area contributed by atoms with Crippen LogP contribution in [0.15, 0.2) is 18.2 Å². The van der Waals surface area contributed by atoms with Gasteiger partial charge in [-0.2, -0.15) is 0 Å². The smallest absolute Gasteiger partial charge is 0.123 e. The van der Waals surface area contributed by atoms with Gasteiger partial charge in [0.05, 0.1) is 7.11 Å². The second-order valence-electron chi connectivity index (χ2n) is 4.83. The molecule has 0 heterocycles. The van der Waals surface area contributed by atoms with Crippen LogP contribution >= 0.6 is 0 Å². The van der Waals surface area contributed by atoms with Crippen molar-refractivity contribution in [1.29, 1.82) is 0 Å². The van der Waals surface area contributed by atoms with Gasteiger partial charge < -0.3 is 15.8 Å². The van der Waals surface area contributed by atoms with Crippen molar-refractivity contribution < 1.29 is 4.74 Å². The molecule has 0 saturated carbocycles. The van der Waals surface area contributed by atoms with Crippen LogP contribution in [0.4, 0.5) is 0 Å². The highest BCUT2D eigenvalue weighted by Gasteiger charge is 2.06. The molecule has 1 aromatic carbocycles. The maximum Gasteiger partial charge on any atom is 0.123 e. The average molecular weight is 236 g/mol. The van der Waals surface area contributed by atoms with E-state index >= 15 is 0 Å². The predicted molar refractivity (Wildman–Crippen MR) is 72.4 cm³/mol. The third kappa shape index (κ3) is 4.36. The largest absolute Gasteiger partial charge is 0.496 e. The van der Waals surface area contributed by atoms with E-state index in [1.165, 1.54) is 11.1 Å². The fourth-order valence-electron chi connectivity index (χ4n) is 1.70. The van der Waals surface area contributed by atoms with Crippen LogP contribution in [0.25, 0.3) is 0 Å². The number of ether oxygens (including phenoxy) is 1. The molecule has 3 N–H and O–H groups in total. The Kier molecular flexibility index (Phi) is 5.45. The molecule has 0 bridgehead atoms. The number of rotatable bonds is 6. The zero-order chi connectivity index (χ0) is 12.8. The summed E-state index contributed by atoms with van der Waals surface area (Å²) in [4.78, 5) is 0. The third-order valence-corrected chi connectivity index (χ3v) is 2.76. The van der Waals surface area contributed by atoms with Gasteiger partial charge >= 0.3 is 0 Å². The molecule has 0 aliphatic heterocycles. The van der Waals surface area contributed by atoms with Gasteiger partial charge in [0.25, 0.3) is 0 Å². The lowest BCUT2D eigenvalue weighted by Crippen LogP contribution is -2.30. The fourth-order valence-corrected chi connectivity index (χ4v) is 1.70. The molecule has 0 spiro atoms. The Morgan fingerprint density at radius 2 is 2.00 bits per heavy atom. The lowest BCUT2D eigenvalue weighted by atomic mass is 10.0. The molecule has 0 aliphatic carbocycles. The van der Waals surface area contributed by atoms with E-state index in [2.05, 4.69) is 37.4 Å². The highest BCUT2D eigenvalue weighted by molar-refractivity contribution is 5.38. The van der Waals surface area contributed by atoms with Crippen LogP contribution in [0.5, 0.6) is 5.75 Å². The van der Waals surface area contributed by atoms with Gasteiger partial charge in [0.2, 0.25) is 0 Å². The van der Waals surface area contributed by atoms with Crippen molar-refractivity contribution in [3.05, 3.63) is 29.3 Å². The van der Waals surface area contributed by atoms with Crippen LogP contribution < -0.4 is 15.8 Å². The molecule has 0 amide bonds. The van der Waals surface area contributed by atoms with E-state index in [4.69, 9.17) is 10.5 Å². The van der Waals surface area contributed by atoms with Crippen molar-refractivity contribution in [2.75, 3.05) is 13.7 Å². The van der Waals surface area contributed by atoms with Gasteiger partial charge in [-0.05, 0) is 24.5 Å². The van der Waals surface area contributed by atoms with E-state index in [1.807, 2.05) is 6.92 Å². The summed E-state index contributed by atoms with van der Waals surface area (Å²) in [7, 11) is 1.72. The normalized spacial score (nSPS) is 12.8. The minimum atomic E-state index is 0.177. The van der Waals surface area contributed by atoms with Gasteiger partial charge in [0, 0.05) is 24.7 Å². The topological polar surface area (TPSA) is 47.3 Å². The predicted octanol–water partition coefficient (Wildman–Crippen LogP) is 2.26. The maximum absolute atomic E-state index is 5.70. The van der Waals surface area contributed by atoms with Gasteiger partial charge in [-0.25, -0.2) is 0 Å². The van der Waals surface area contributed by atoms with Crippen molar-refractivity contribution in [1.82, 2.24) is 5.32 Å². The number of methoxy groups -OCH3 is 1. The van der Waals surface area contributed by atoms with Gasteiger partial charge in [0.1, 0.15) is 5.75 Å². The molecule has 0 radical (unpaired) electrons. The zero-order valence-electron chi connectivity index (χ0n) is 11.3. The van der Waals surface area contributed by atoms with E-state index in [0.29, 0.717) is 5.92 Å². The molecule has 1 aromatic rings. The summed E-state index contributed by atoms with van der Waals surface area (Å²) in [6, 6.07) is 6.59. The van der Waals surface area contributed by atoms with Gasteiger partial charge in [-0.3, -0.25) is 0 Å². The van der Waals surface area contributed by atoms with Crippen molar-refractivity contribution >= 4 is 0 Å². The number of hydrogen-bond donors (Lipinski definition) is 2. The average Bonchev–Trinajstić information content (AvgIpc) is 2.28. The highest BCUT2D eigenvalue weighted by Crippen LogP contribution is 2.24. The Balaban J connectivity index is 2.71. The molecule has 0 aliphatic rings. The molecule has 1 atom stereocenters. The van der Waals surface area contributed by atoms with Crippen LogP contribution in [0.1, 0.15) is 37.8 Å². The van der Waals surface area contributed by atoms with Crippen molar-refractivity contribution in [3.8, 4) is 5.75 Å². The molecule has 0 aromatic heterocycles. The second kappa shape index (κ2) is 6.62. The first-order valence-electron chi connectivity index (χ1n) is 6.17. The first kappa shape index (κ1) is 14.0. The Morgan fingerprint density at radius 1 is 1.29 bits per heavy atom. The summed E-state index contributed by atoms with van der Waals surface area (Å²) >= 11 is 0. The third-order valence-electron chi connectivity index (χ3n) is 2.76. The minimum Gasteiger partial charge on any atom is -0.496 e. The number of nitrogens with two attached hydrogens (primary N) is 1. The Labute approximate surface area is 104 Å². The van der Waals surface area contributed by atoms with E-state index in [0.717, 1.165) is 18.8 Å². The number of benzene rings is 1. The maximum atomic E-state index is 5.70. The lowest BCUT2D eigenvalue weighted by Gasteiger charge is -2.14. The van der Waals surface area contributed by atoms with Gasteiger partial charge in [-0.15, -0.1) is 0 Å². The molecular formula is C14H24N2O. The Bertz CT molecular complexity index is 348. The lowest BCUT2D eigenvalue weighted by molar-refractivity contribution is 0.406. The van der Waals surface area contributed by atoms with E-state index < -0.39 is 0 Å². The van der Waals surface area contributed by atoms with Gasteiger partial charge in [0.15, 0.2) is 0 Å². The summed E-state index contributed by atoms with van der Waals surface area (Å²) in [5.74, 6) is 1.48. The fraction of sp³-hybridized carbons (Fsp3) is 0.571. The molecule has 0 saturated heterocycles. The van der Waals surface area contributed by atoms with Crippen molar-refractivity contribution in [3.63, 3.8) is 0 Å². The van der Waals surface area contributed by atoms with Crippen LogP contribution in [-0.4, -0.2) is 19.7 Å². The second-order valence-corrected chi connectivity index (χ2v) is 4.83. The van der Waals surface area contributed by atoms with Crippen LogP contribution in [0, 0.1) is 0 Å². The molecule has 3 nitrogen and oxygen atoms in total. The number of hydrogen-bond acceptors (Lipinski definition) is 3. The van der Waals surface area contributed by atoms with Gasteiger partial charge in [-0.1, -0.05) is 26.0 Å². The summed E-state index contributed by atoms with van der Waals surface area (Å²) in [6.45, 7) is 7.97. The Morgan fingerprint density at radius 3 is 2.53 bits per heavy atom. The number of nitrogens with one attached hydrogen (secondary N) is 1. The van der Waals surface area contributed by atoms with Crippen LogP contribution in [0.3, 0.4) is 0 Å². The van der Waals surface area contributed by atoms with E-state index in [1.54, 1.807) is 7.11 Å². The Hall–Kier alpha value is -1.06. The highest BCUT2D eigenvalue weighted by atomic mass is 16.5. The molecule has 96 valence electrons. The first-order valence-corrected chi connectivity index (χ1v) is 6.17. The summed E-state index contributed by atoms with van der Waals surface area (Å²) in [5, 5.41) is 3.32. The molecule has 0 fully saturated rings. The monoisotopic (exact) mass is 236 g/mol. The summed E-state index contributed by atoms with van der Waals surface area (Å²) in [6.07, 6.45) is 0. The summed E-state index contributed by atoms with van der Waals surface area (Å²) in [5.41, 5.74) is 8.18. The van der Waals surface area contributed by atoms with Crippen LogP contribution in [-0.2, 0) is 6.54 Å². The summed E-state index contributed by atoms with van der Waals surface area (Å²) < 4.78 is 5.42. The quantitative estimate of drug-likeness (QED) is 0.796. The first-order chi connectivity index (χ1) is 8.04. The zero-order valence-corrected chi connectivity index (χ0v) is 11.3. The van der Waals surface area contributed by atoms with E-state index in [9.17, 15) is 0 Å². The van der Waals surface area contributed by atoms with Crippen LogP contribution in [0.2, 0.25) is 0 Å². The standard InChI is InChI=1S/C14H24N2O/c1-10(2)12-5-6-13(14(7-12)17-4)9-16-8-11(3)15/h5-7,10-11,16H,8-9,15H2,1-4H3. The van der Waals surface area contributed by atoms with Crippen molar-refractivity contribution in [2.24, 2.45) is 5.73 Å². The SMILES string of the molecule is COc1cc(C(C)C)ccc1CNCC(C)N. The minimum absolute atomic E-state index is 0.177. The molecule has 17 heavy (non-hydrogen) atoms. The molecule has 1 unspecified atom stereocenters. The molecule has 1 rings (SSSR count). The molecule has 3 heteroatoms. The van der Waals surface area contributed by atoms with E-state index in [-0.39, 0.29) is 6.04 Å². The van der Waals surface area contributed by atoms with Crippen molar-refractivity contribution in [2.45, 2.75) is 39.3 Å². The molecular weight excluding hydrogens is 212 g/mol.